The van der Waals surface area contributed by atoms with E-state index in [2.05, 4.69) is 4.98 Å². The molecule has 3 atom stereocenters. The molecule has 2 aliphatic heterocycles. The Labute approximate surface area is 137 Å². The Kier molecular flexibility index (Phi) is 5.13. The molecule has 0 saturated carbocycles. The maximum absolute atomic E-state index is 12.1. The second-order valence-electron chi connectivity index (χ2n) is 6.58. The maximum Gasteiger partial charge on any atom is 0.319 e. The summed E-state index contributed by atoms with van der Waals surface area (Å²) in [5.41, 5.74) is 1.09. The van der Waals surface area contributed by atoms with Crippen LogP contribution in [0.4, 0.5) is 4.79 Å². The summed E-state index contributed by atoms with van der Waals surface area (Å²) in [6.45, 7) is 3.62. The van der Waals surface area contributed by atoms with Gasteiger partial charge in [0.25, 0.3) is 0 Å². The molecule has 0 radical (unpaired) electrons. The van der Waals surface area contributed by atoms with Gasteiger partial charge in [-0.1, -0.05) is 6.07 Å². The van der Waals surface area contributed by atoms with Crippen molar-refractivity contribution < 1.29 is 14.3 Å². The van der Waals surface area contributed by atoms with Crippen molar-refractivity contribution in [2.45, 2.75) is 19.1 Å². The Morgan fingerprint density at radius 2 is 2.35 bits per heavy atom. The molecular formula is C17H25N3O3. The molecule has 0 N–H and O–H groups in total. The fourth-order valence-corrected chi connectivity index (χ4v) is 3.44. The van der Waals surface area contributed by atoms with E-state index in [1.165, 1.54) is 0 Å². The largest absolute Gasteiger partial charge is 0.377 e. The van der Waals surface area contributed by atoms with E-state index < -0.39 is 0 Å². The summed E-state index contributed by atoms with van der Waals surface area (Å²) >= 11 is 0. The van der Waals surface area contributed by atoms with Gasteiger partial charge < -0.3 is 19.3 Å². The van der Waals surface area contributed by atoms with Crippen LogP contribution < -0.4 is 0 Å². The number of urea groups is 1. The molecule has 3 heterocycles. The van der Waals surface area contributed by atoms with Crippen LogP contribution in [0.5, 0.6) is 0 Å². The number of rotatable bonds is 5. The zero-order valence-electron chi connectivity index (χ0n) is 13.9. The molecule has 6 heteroatoms. The van der Waals surface area contributed by atoms with E-state index >= 15 is 0 Å². The van der Waals surface area contributed by atoms with Crippen LogP contribution in [0.1, 0.15) is 12.0 Å². The lowest BCUT2D eigenvalue weighted by Crippen LogP contribution is -2.39. The van der Waals surface area contributed by atoms with Crippen LogP contribution >= 0.6 is 0 Å². The number of ether oxygens (including phenoxy) is 2. The number of hydrogen-bond donors (Lipinski definition) is 0. The lowest BCUT2D eigenvalue weighted by molar-refractivity contribution is 0.0835. The summed E-state index contributed by atoms with van der Waals surface area (Å²) in [6.07, 6.45) is 4.77. The summed E-state index contributed by atoms with van der Waals surface area (Å²) in [5, 5.41) is 0. The lowest BCUT2D eigenvalue weighted by atomic mass is 9.91. The second kappa shape index (κ2) is 7.27. The highest BCUT2D eigenvalue weighted by atomic mass is 16.5. The molecule has 23 heavy (non-hydrogen) atoms. The number of nitrogens with zero attached hydrogens (tertiary/aromatic N) is 3. The van der Waals surface area contributed by atoms with Crippen LogP contribution in [0.3, 0.4) is 0 Å². The first-order valence-corrected chi connectivity index (χ1v) is 8.19. The van der Waals surface area contributed by atoms with Gasteiger partial charge in [-0.3, -0.25) is 4.98 Å². The fourth-order valence-electron chi connectivity index (χ4n) is 3.44. The average Bonchev–Trinajstić information content (AvgIpc) is 3.13. The quantitative estimate of drug-likeness (QED) is 0.774. The molecule has 2 aliphatic rings. The van der Waals surface area contributed by atoms with Gasteiger partial charge in [0.15, 0.2) is 0 Å². The highest BCUT2D eigenvalue weighted by Crippen LogP contribution is 2.35. The van der Waals surface area contributed by atoms with Crippen LogP contribution in [0.25, 0.3) is 0 Å². The zero-order valence-corrected chi connectivity index (χ0v) is 13.9. The molecule has 2 amide bonds. The van der Waals surface area contributed by atoms with Crippen molar-refractivity contribution in [2.75, 3.05) is 40.4 Å². The van der Waals surface area contributed by atoms with Gasteiger partial charge in [0.1, 0.15) is 0 Å². The van der Waals surface area contributed by atoms with Crippen molar-refractivity contribution in [3.05, 3.63) is 30.1 Å². The van der Waals surface area contributed by atoms with Gasteiger partial charge in [-0.15, -0.1) is 0 Å². The average molecular weight is 319 g/mol. The van der Waals surface area contributed by atoms with Crippen molar-refractivity contribution >= 4 is 6.03 Å². The minimum Gasteiger partial charge on any atom is -0.377 e. The standard InChI is InChI=1S/C17H25N3O3/c1-19(2)17(21)20-9-15-14(12-23-16(15)10-20)5-7-22-11-13-4-3-6-18-8-13/h3-4,6,8,14-16H,5,7,9-12H2,1-2H3/t14-,15-,16-/m0/s1. The van der Waals surface area contributed by atoms with Crippen LogP contribution in [0.15, 0.2) is 24.5 Å². The highest BCUT2D eigenvalue weighted by molar-refractivity contribution is 5.74. The molecule has 0 bridgehead atoms. The molecule has 0 aliphatic carbocycles. The molecule has 1 aromatic heterocycles. The van der Waals surface area contributed by atoms with Crippen LogP contribution in [-0.4, -0.2) is 67.3 Å². The summed E-state index contributed by atoms with van der Waals surface area (Å²) in [7, 11) is 3.59. The molecule has 6 nitrogen and oxygen atoms in total. The first kappa shape index (κ1) is 16.2. The first-order valence-electron chi connectivity index (χ1n) is 8.19. The highest BCUT2D eigenvalue weighted by Gasteiger charge is 2.45. The second-order valence-corrected chi connectivity index (χ2v) is 6.58. The predicted octanol–water partition coefficient (Wildman–Crippen LogP) is 1.62. The molecule has 0 spiro atoms. The van der Waals surface area contributed by atoms with Crippen molar-refractivity contribution in [1.29, 1.82) is 0 Å². The third-order valence-corrected chi connectivity index (χ3v) is 4.72. The van der Waals surface area contributed by atoms with E-state index in [1.54, 1.807) is 25.2 Å². The van der Waals surface area contributed by atoms with Gasteiger partial charge in [0.05, 0.1) is 19.3 Å². The first-order chi connectivity index (χ1) is 11.1. The predicted molar refractivity (Wildman–Crippen MR) is 85.9 cm³/mol. The number of amides is 2. The summed E-state index contributed by atoms with van der Waals surface area (Å²) < 4.78 is 11.6. The number of carbonyl (C=O) groups is 1. The van der Waals surface area contributed by atoms with Gasteiger partial charge in [-0.2, -0.15) is 0 Å². The lowest BCUT2D eigenvalue weighted by Gasteiger charge is -2.23. The Balaban J connectivity index is 1.42. The van der Waals surface area contributed by atoms with Gasteiger partial charge in [-0.05, 0) is 24.0 Å². The molecule has 3 rings (SSSR count). The van der Waals surface area contributed by atoms with Gasteiger partial charge >= 0.3 is 6.03 Å². The Hall–Kier alpha value is -1.66. The summed E-state index contributed by atoms with van der Waals surface area (Å²) in [4.78, 5) is 19.7. The Morgan fingerprint density at radius 1 is 1.48 bits per heavy atom. The third-order valence-electron chi connectivity index (χ3n) is 4.72. The molecule has 2 saturated heterocycles. The van der Waals surface area contributed by atoms with E-state index in [1.807, 2.05) is 23.2 Å². The fraction of sp³-hybridized carbons (Fsp3) is 0.647. The summed E-state index contributed by atoms with van der Waals surface area (Å²) in [6, 6.07) is 4.02. The number of fused-ring (bicyclic) bond motifs is 1. The normalized spacial score (nSPS) is 26.3. The molecule has 0 unspecified atom stereocenters. The number of likely N-dealkylation sites (tertiary alicyclic amines) is 1. The Morgan fingerprint density at radius 3 is 3.09 bits per heavy atom. The molecule has 2 fully saturated rings. The topological polar surface area (TPSA) is 54.9 Å². The molecular weight excluding hydrogens is 294 g/mol. The number of aromatic nitrogens is 1. The van der Waals surface area contributed by atoms with Crippen LogP contribution in [-0.2, 0) is 16.1 Å². The monoisotopic (exact) mass is 319 g/mol. The maximum atomic E-state index is 12.1. The Bertz CT molecular complexity index is 523. The van der Waals surface area contributed by atoms with Gasteiger partial charge in [0.2, 0.25) is 0 Å². The van der Waals surface area contributed by atoms with Gasteiger partial charge in [0, 0.05) is 52.1 Å². The number of pyridine rings is 1. The molecule has 126 valence electrons. The minimum absolute atomic E-state index is 0.0783. The third kappa shape index (κ3) is 3.82. The smallest absolute Gasteiger partial charge is 0.319 e. The van der Waals surface area contributed by atoms with Crippen LogP contribution in [0, 0.1) is 11.8 Å². The minimum atomic E-state index is 0.0783. The van der Waals surface area contributed by atoms with E-state index in [0.717, 1.165) is 25.1 Å². The zero-order chi connectivity index (χ0) is 16.2. The molecule has 1 aromatic rings. The van der Waals surface area contributed by atoms with Gasteiger partial charge in [-0.25, -0.2) is 4.79 Å². The van der Waals surface area contributed by atoms with Crippen molar-refractivity contribution in [1.82, 2.24) is 14.8 Å². The SMILES string of the molecule is CN(C)C(=O)N1C[C@H]2[C@@H](CCOCc3cccnc3)CO[C@H]2C1. The van der Waals surface area contributed by atoms with Crippen LogP contribution in [0.2, 0.25) is 0 Å². The van der Waals surface area contributed by atoms with E-state index in [4.69, 9.17) is 9.47 Å². The number of carbonyl (C=O) groups excluding carboxylic acids is 1. The van der Waals surface area contributed by atoms with Crippen molar-refractivity contribution in [2.24, 2.45) is 11.8 Å². The van der Waals surface area contributed by atoms with Crippen molar-refractivity contribution in [3.63, 3.8) is 0 Å². The van der Waals surface area contributed by atoms with E-state index in [9.17, 15) is 4.79 Å². The molecule has 0 aromatic carbocycles. The van der Waals surface area contributed by atoms with E-state index in [0.29, 0.717) is 31.6 Å². The van der Waals surface area contributed by atoms with E-state index in [-0.39, 0.29) is 12.1 Å². The number of hydrogen-bond acceptors (Lipinski definition) is 4. The van der Waals surface area contributed by atoms with Crippen molar-refractivity contribution in [3.8, 4) is 0 Å². The summed E-state index contributed by atoms with van der Waals surface area (Å²) in [5.74, 6) is 0.926.